The zero-order chi connectivity index (χ0) is 26.0. The monoisotopic (exact) mass is 518 g/mol. The first-order chi connectivity index (χ1) is 17.8. The lowest BCUT2D eigenvalue weighted by molar-refractivity contribution is -0.116. The lowest BCUT2D eigenvalue weighted by Gasteiger charge is -2.08. The molecule has 7 nitrogen and oxygen atoms in total. The number of sulfone groups is 1. The number of halogens is 2. The van der Waals surface area contributed by atoms with Crippen LogP contribution in [0.2, 0.25) is 0 Å². The minimum absolute atomic E-state index is 0.0710. The zero-order valence-electron chi connectivity index (χ0n) is 19.4. The SMILES string of the molecule is O=C(Cc1ccccn1)CS(=O)(=O)c1cn(Cc2cccc(-c3cncnc3)c2)c2cc(F)cc(F)c12. The Hall–Kier alpha value is -4.31. The van der Waals surface area contributed by atoms with Gasteiger partial charge in [-0.05, 0) is 35.4 Å². The molecular weight excluding hydrogens is 498 g/mol. The Bertz CT molecular complexity index is 1710. The summed E-state index contributed by atoms with van der Waals surface area (Å²) in [5.74, 6) is -3.27. The summed E-state index contributed by atoms with van der Waals surface area (Å²) in [6.07, 6.45) is 7.34. The maximum absolute atomic E-state index is 14.9. The number of nitrogens with zero attached hydrogens (tertiary/aromatic N) is 4. The van der Waals surface area contributed by atoms with Gasteiger partial charge in [0.05, 0.1) is 15.8 Å². The van der Waals surface area contributed by atoms with Crippen LogP contribution >= 0.6 is 0 Å². The van der Waals surface area contributed by atoms with Crippen molar-refractivity contribution in [2.45, 2.75) is 17.9 Å². The minimum atomic E-state index is -4.24. The van der Waals surface area contributed by atoms with E-state index < -0.39 is 33.0 Å². The van der Waals surface area contributed by atoms with Gasteiger partial charge in [-0.2, -0.15) is 0 Å². The number of hydrogen-bond acceptors (Lipinski definition) is 6. The molecule has 2 aromatic carbocycles. The molecule has 3 aromatic heterocycles. The van der Waals surface area contributed by atoms with Crippen LogP contribution < -0.4 is 0 Å². The van der Waals surface area contributed by atoms with Crippen LogP contribution in [0.1, 0.15) is 11.3 Å². The molecule has 5 rings (SSSR count). The van der Waals surface area contributed by atoms with Gasteiger partial charge in [0.2, 0.25) is 0 Å². The second-order valence-corrected chi connectivity index (χ2v) is 10.5. The zero-order valence-corrected chi connectivity index (χ0v) is 20.2. The first-order valence-corrected chi connectivity index (χ1v) is 12.9. The molecule has 0 fully saturated rings. The third-order valence-electron chi connectivity index (χ3n) is 5.83. The highest BCUT2D eigenvalue weighted by Gasteiger charge is 2.27. The Morgan fingerprint density at radius 1 is 0.946 bits per heavy atom. The first-order valence-electron chi connectivity index (χ1n) is 11.3. The third-order valence-corrected chi connectivity index (χ3v) is 7.51. The molecule has 0 atom stereocenters. The van der Waals surface area contributed by atoms with Gasteiger partial charge in [-0.3, -0.25) is 9.78 Å². The Morgan fingerprint density at radius 2 is 1.76 bits per heavy atom. The maximum Gasteiger partial charge on any atom is 0.187 e. The molecule has 0 aliphatic rings. The van der Waals surface area contributed by atoms with Crippen molar-refractivity contribution >= 4 is 26.5 Å². The molecule has 186 valence electrons. The average Bonchev–Trinajstić information content (AvgIpc) is 3.24. The van der Waals surface area contributed by atoms with Gasteiger partial charge < -0.3 is 4.57 Å². The second kappa shape index (κ2) is 9.98. The fourth-order valence-electron chi connectivity index (χ4n) is 4.21. The molecule has 0 bridgehead atoms. The molecule has 3 heterocycles. The number of hydrogen-bond donors (Lipinski definition) is 0. The van der Waals surface area contributed by atoms with E-state index in [1.807, 2.05) is 24.3 Å². The molecule has 0 unspecified atom stereocenters. The lowest BCUT2D eigenvalue weighted by atomic mass is 10.1. The number of benzene rings is 2. The van der Waals surface area contributed by atoms with Gasteiger partial charge in [-0.15, -0.1) is 0 Å². The van der Waals surface area contributed by atoms with Crippen molar-refractivity contribution < 1.29 is 22.0 Å². The smallest absolute Gasteiger partial charge is 0.187 e. The van der Waals surface area contributed by atoms with E-state index in [0.29, 0.717) is 11.8 Å². The summed E-state index contributed by atoms with van der Waals surface area (Å²) in [6.45, 7) is 0.137. The molecule has 0 aliphatic heterocycles. The largest absolute Gasteiger partial charge is 0.342 e. The Balaban J connectivity index is 1.51. The van der Waals surface area contributed by atoms with Crippen LogP contribution in [-0.2, 0) is 27.6 Å². The highest BCUT2D eigenvalue weighted by molar-refractivity contribution is 7.92. The summed E-state index contributed by atoms with van der Waals surface area (Å²) in [4.78, 5) is 24.3. The van der Waals surface area contributed by atoms with Crippen LogP contribution in [0.5, 0.6) is 0 Å². The van der Waals surface area contributed by atoms with Crippen molar-refractivity contribution in [2.75, 3.05) is 5.75 Å². The molecule has 37 heavy (non-hydrogen) atoms. The van der Waals surface area contributed by atoms with E-state index in [0.717, 1.165) is 22.8 Å². The lowest BCUT2D eigenvalue weighted by Crippen LogP contribution is -2.18. The van der Waals surface area contributed by atoms with Crippen molar-refractivity contribution in [3.8, 4) is 11.1 Å². The van der Waals surface area contributed by atoms with Crippen molar-refractivity contribution in [1.29, 1.82) is 0 Å². The number of aromatic nitrogens is 4. The van der Waals surface area contributed by atoms with Crippen LogP contribution in [0, 0.1) is 11.6 Å². The molecule has 0 N–H and O–H groups in total. The fourth-order valence-corrected chi connectivity index (χ4v) is 5.69. The van der Waals surface area contributed by atoms with Crippen molar-refractivity contribution in [2.24, 2.45) is 0 Å². The highest BCUT2D eigenvalue weighted by Crippen LogP contribution is 2.31. The first kappa shape index (κ1) is 24.4. The van der Waals surface area contributed by atoms with Gasteiger partial charge in [0, 0.05) is 55.1 Å². The van der Waals surface area contributed by atoms with E-state index in [9.17, 15) is 22.0 Å². The molecule has 10 heteroatoms. The molecule has 0 aliphatic carbocycles. The van der Waals surface area contributed by atoms with E-state index in [1.54, 1.807) is 30.6 Å². The summed E-state index contributed by atoms with van der Waals surface area (Å²) in [7, 11) is -4.24. The number of pyridine rings is 1. The van der Waals surface area contributed by atoms with Crippen molar-refractivity contribution in [3.63, 3.8) is 0 Å². The van der Waals surface area contributed by atoms with Gasteiger partial charge >= 0.3 is 0 Å². The predicted molar refractivity (Wildman–Crippen MR) is 133 cm³/mol. The quantitative estimate of drug-likeness (QED) is 0.302. The number of Topliss-reactive ketones (excluding diaryl/α,β-unsaturated/α-hetero) is 1. The number of rotatable bonds is 8. The predicted octanol–water partition coefficient (Wildman–Crippen LogP) is 4.41. The van der Waals surface area contributed by atoms with Gasteiger partial charge in [-0.25, -0.2) is 27.2 Å². The molecule has 0 saturated heterocycles. The summed E-state index contributed by atoms with van der Waals surface area (Å²) in [6, 6.07) is 14.1. The topological polar surface area (TPSA) is 94.8 Å². The maximum atomic E-state index is 14.9. The molecular formula is C27H20F2N4O3S. The van der Waals surface area contributed by atoms with E-state index >= 15 is 0 Å². The average molecular weight is 519 g/mol. The molecule has 0 amide bonds. The van der Waals surface area contributed by atoms with E-state index in [4.69, 9.17) is 0 Å². The molecule has 5 aromatic rings. The number of fused-ring (bicyclic) bond motifs is 1. The van der Waals surface area contributed by atoms with E-state index in [1.165, 1.54) is 23.3 Å². The highest BCUT2D eigenvalue weighted by atomic mass is 32.2. The third kappa shape index (κ3) is 5.29. The van der Waals surface area contributed by atoms with Crippen LogP contribution in [0.4, 0.5) is 8.78 Å². The number of carbonyl (C=O) groups excluding carboxylic acids is 1. The Morgan fingerprint density at radius 3 is 2.51 bits per heavy atom. The van der Waals surface area contributed by atoms with E-state index in [-0.39, 0.29) is 28.8 Å². The normalized spacial score (nSPS) is 11.6. The molecule has 0 spiro atoms. The number of carbonyl (C=O) groups is 1. The van der Waals surface area contributed by atoms with Gasteiger partial charge in [0.1, 0.15) is 23.7 Å². The second-order valence-electron chi connectivity index (χ2n) is 8.53. The standard InChI is InChI=1S/C27H20F2N4O3S/c28-21-9-24(29)27-25(10-21)33(14-18-4-3-5-19(8-18)20-12-30-17-31-13-20)15-26(27)37(35,36)16-23(34)11-22-6-1-2-7-32-22/h1-10,12-13,15,17H,11,14,16H2. The van der Waals surface area contributed by atoms with Crippen molar-refractivity contribution in [3.05, 3.63) is 109 Å². The minimum Gasteiger partial charge on any atom is -0.342 e. The summed E-state index contributed by atoms with van der Waals surface area (Å²) >= 11 is 0. The summed E-state index contributed by atoms with van der Waals surface area (Å²) in [5, 5.41) is -0.250. The van der Waals surface area contributed by atoms with Crippen LogP contribution in [0.3, 0.4) is 0 Å². The Labute approximate surface area is 211 Å². The summed E-state index contributed by atoms with van der Waals surface area (Å²) < 4.78 is 57.1. The fraction of sp³-hybridized carbons (Fsp3) is 0.111. The summed E-state index contributed by atoms with van der Waals surface area (Å²) in [5.41, 5.74) is 2.88. The van der Waals surface area contributed by atoms with Gasteiger partial charge in [0.25, 0.3) is 0 Å². The van der Waals surface area contributed by atoms with Crippen LogP contribution in [0.25, 0.3) is 22.0 Å². The molecule has 0 saturated carbocycles. The van der Waals surface area contributed by atoms with E-state index in [2.05, 4.69) is 15.0 Å². The van der Waals surface area contributed by atoms with Gasteiger partial charge in [0.15, 0.2) is 15.6 Å². The number of ketones is 1. The molecule has 0 radical (unpaired) electrons. The Kier molecular flexibility index (Phi) is 6.58. The van der Waals surface area contributed by atoms with Crippen LogP contribution in [-0.4, -0.2) is 39.5 Å². The van der Waals surface area contributed by atoms with Crippen molar-refractivity contribution in [1.82, 2.24) is 19.5 Å². The van der Waals surface area contributed by atoms with Crippen LogP contribution in [0.15, 0.2) is 90.6 Å². The van der Waals surface area contributed by atoms with Gasteiger partial charge in [-0.1, -0.05) is 24.3 Å².